The molecule has 84 valence electrons. The number of pyridine rings is 1. The van der Waals surface area contributed by atoms with Crippen LogP contribution >= 0.6 is 15.9 Å². The predicted molar refractivity (Wildman–Crippen MR) is 61.1 cm³/mol. The second kappa shape index (κ2) is 4.01. The zero-order valence-electron chi connectivity index (χ0n) is 8.27. The number of ether oxygens (including phenoxy) is 1. The van der Waals surface area contributed by atoms with Crippen molar-refractivity contribution in [2.75, 3.05) is 12.4 Å². The van der Waals surface area contributed by atoms with E-state index in [0.717, 1.165) is 4.47 Å². The van der Waals surface area contributed by atoms with Crippen LogP contribution in [0, 0.1) is 0 Å². The molecule has 0 aliphatic heterocycles. The molecular weight excluding hydrogens is 278 g/mol. The molecule has 2 rings (SSSR count). The summed E-state index contributed by atoms with van der Waals surface area (Å²) in [6.45, 7) is 0. The van der Waals surface area contributed by atoms with Crippen LogP contribution in [0.25, 0.3) is 5.52 Å². The monoisotopic (exact) mass is 285 g/mol. The summed E-state index contributed by atoms with van der Waals surface area (Å²) in [4.78, 5) is 10.6. The molecular formula is C9H8BrN3O3. The number of carbonyl (C=O) groups is 1. The lowest BCUT2D eigenvalue weighted by atomic mass is 10.3. The maximum Gasteiger partial charge on any atom is 0.409 e. The van der Waals surface area contributed by atoms with Crippen LogP contribution < -0.4 is 10.1 Å². The van der Waals surface area contributed by atoms with Crippen molar-refractivity contribution < 1.29 is 14.6 Å². The Bertz CT molecular complexity index is 552. The molecule has 0 radical (unpaired) electrons. The summed E-state index contributed by atoms with van der Waals surface area (Å²) in [6, 6.07) is 1.74. The Morgan fingerprint density at radius 3 is 3.06 bits per heavy atom. The Morgan fingerprint density at radius 2 is 2.44 bits per heavy atom. The van der Waals surface area contributed by atoms with Crippen LogP contribution in [0.4, 0.5) is 10.5 Å². The van der Waals surface area contributed by atoms with Gasteiger partial charge in [-0.25, -0.2) is 9.31 Å². The Hall–Kier alpha value is -1.76. The van der Waals surface area contributed by atoms with E-state index in [4.69, 9.17) is 9.84 Å². The van der Waals surface area contributed by atoms with E-state index in [1.807, 2.05) is 0 Å². The second-order valence-electron chi connectivity index (χ2n) is 3.01. The van der Waals surface area contributed by atoms with Gasteiger partial charge in [0.25, 0.3) is 0 Å². The Balaban J connectivity index is 2.64. The van der Waals surface area contributed by atoms with Gasteiger partial charge >= 0.3 is 6.09 Å². The van der Waals surface area contributed by atoms with Crippen molar-refractivity contribution in [1.29, 1.82) is 0 Å². The third-order valence-corrected chi connectivity index (χ3v) is 2.44. The maximum atomic E-state index is 10.6. The molecule has 0 fully saturated rings. The molecule has 0 aromatic carbocycles. The zero-order valence-corrected chi connectivity index (χ0v) is 9.85. The SMILES string of the molecule is COc1cc(Br)cn2ncc(NC(=O)O)c12. The van der Waals surface area contributed by atoms with Crippen LogP contribution in [-0.4, -0.2) is 27.9 Å². The highest BCUT2D eigenvalue weighted by molar-refractivity contribution is 9.10. The summed E-state index contributed by atoms with van der Waals surface area (Å²) in [7, 11) is 1.51. The standard InChI is InChI=1S/C9H8BrN3O3/c1-16-7-2-5(10)4-13-8(7)6(3-11-13)12-9(14)15/h2-4,12H,1H3,(H,14,15). The van der Waals surface area contributed by atoms with Gasteiger partial charge in [-0.1, -0.05) is 0 Å². The molecule has 0 aliphatic rings. The van der Waals surface area contributed by atoms with E-state index in [9.17, 15) is 4.79 Å². The van der Waals surface area contributed by atoms with Gasteiger partial charge in [-0.05, 0) is 22.0 Å². The fourth-order valence-electron chi connectivity index (χ4n) is 1.42. The molecule has 0 aliphatic carbocycles. The van der Waals surface area contributed by atoms with Crippen LogP contribution in [0.15, 0.2) is 22.9 Å². The van der Waals surface area contributed by atoms with Crippen LogP contribution in [0.5, 0.6) is 5.75 Å². The second-order valence-corrected chi connectivity index (χ2v) is 3.92. The minimum absolute atomic E-state index is 0.386. The normalized spacial score (nSPS) is 10.4. The molecule has 2 aromatic heterocycles. The lowest BCUT2D eigenvalue weighted by Gasteiger charge is -2.05. The molecule has 0 unspecified atom stereocenters. The van der Waals surface area contributed by atoms with Crippen molar-refractivity contribution in [1.82, 2.24) is 9.61 Å². The molecule has 2 heterocycles. The maximum absolute atomic E-state index is 10.6. The van der Waals surface area contributed by atoms with Gasteiger partial charge in [0.1, 0.15) is 11.3 Å². The summed E-state index contributed by atoms with van der Waals surface area (Å²) < 4.78 is 7.49. The molecule has 16 heavy (non-hydrogen) atoms. The summed E-state index contributed by atoms with van der Waals surface area (Å²) >= 11 is 3.31. The van der Waals surface area contributed by atoms with Crippen molar-refractivity contribution in [2.45, 2.75) is 0 Å². The van der Waals surface area contributed by atoms with Gasteiger partial charge in [-0.15, -0.1) is 0 Å². The van der Waals surface area contributed by atoms with Crippen molar-refractivity contribution >= 4 is 33.2 Å². The lowest BCUT2D eigenvalue weighted by Crippen LogP contribution is -2.07. The first-order valence-electron chi connectivity index (χ1n) is 4.32. The van der Waals surface area contributed by atoms with E-state index in [0.29, 0.717) is 17.0 Å². The number of rotatable bonds is 2. The topological polar surface area (TPSA) is 75.9 Å². The van der Waals surface area contributed by atoms with Crippen molar-refractivity contribution in [2.24, 2.45) is 0 Å². The van der Waals surface area contributed by atoms with Crippen LogP contribution in [-0.2, 0) is 0 Å². The third-order valence-electron chi connectivity index (χ3n) is 2.00. The van der Waals surface area contributed by atoms with E-state index in [2.05, 4.69) is 26.3 Å². The lowest BCUT2D eigenvalue weighted by molar-refractivity contribution is 0.210. The van der Waals surface area contributed by atoms with E-state index < -0.39 is 6.09 Å². The van der Waals surface area contributed by atoms with Crippen LogP contribution in [0.2, 0.25) is 0 Å². The number of halogens is 1. The molecule has 0 saturated carbocycles. The van der Waals surface area contributed by atoms with Gasteiger partial charge in [0.2, 0.25) is 0 Å². The van der Waals surface area contributed by atoms with Gasteiger partial charge in [0, 0.05) is 10.7 Å². The number of fused-ring (bicyclic) bond motifs is 1. The van der Waals surface area contributed by atoms with Crippen molar-refractivity contribution in [3.05, 3.63) is 22.9 Å². The first-order chi connectivity index (χ1) is 7.61. The highest BCUT2D eigenvalue weighted by Gasteiger charge is 2.12. The number of amides is 1. The first kappa shape index (κ1) is 10.7. The molecule has 0 bridgehead atoms. The van der Waals surface area contributed by atoms with Gasteiger partial charge < -0.3 is 9.84 Å². The molecule has 6 nitrogen and oxygen atoms in total. The van der Waals surface area contributed by atoms with Crippen LogP contribution in [0.1, 0.15) is 0 Å². The van der Waals surface area contributed by atoms with Gasteiger partial charge in [-0.3, -0.25) is 5.32 Å². The Labute approximate surface area is 99.0 Å². The highest BCUT2D eigenvalue weighted by atomic mass is 79.9. The number of nitrogens with zero attached hydrogens (tertiary/aromatic N) is 2. The molecule has 0 atom stereocenters. The average Bonchev–Trinajstić information content (AvgIpc) is 2.59. The minimum atomic E-state index is -1.14. The fraction of sp³-hybridized carbons (Fsp3) is 0.111. The Morgan fingerprint density at radius 1 is 1.69 bits per heavy atom. The molecule has 7 heteroatoms. The summed E-state index contributed by atoms with van der Waals surface area (Å²) in [5.74, 6) is 0.538. The van der Waals surface area contributed by atoms with Crippen molar-refractivity contribution in [3.63, 3.8) is 0 Å². The molecule has 0 saturated heterocycles. The molecule has 2 aromatic rings. The molecule has 0 spiro atoms. The van der Waals surface area contributed by atoms with Gasteiger partial charge in [-0.2, -0.15) is 5.10 Å². The first-order valence-corrected chi connectivity index (χ1v) is 5.12. The minimum Gasteiger partial charge on any atom is -0.494 e. The summed E-state index contributed by atoms with van der Waals surface area (Å²) in [6.07, 6.45) is 2.00. The number of nitrogens with one attached hydrogen (secondary N) is 1. The van der Waals surface area contributed by atoms with Crippen molar-refractivity contribution in [3.8, 4) is 5.75 Å². The summed E-state index contributed by atoms with van der Waals surface area (Å²) in [5, 5.41) is 14.9. The average molecular weight is 286 g/mol. The largest absolute Gasteiger partial charge is 0.494 e. The van der Waals surface area contributed by atoms with E-state index in [1.54, 1.807) is 12.3 Å². The molecule has 2 N–H and O–H groups in total. The number of methoxy groups -OCH3 is 1. The number of carboxylic acid groups (broad SMARTS) is 1. The third kappa shape index (κ3) is 1.81. The van der Waals surface area contributed by atoms with Crippen LogP contribution in [0.3, 0.4) is 0 Å². The quantitative estimate of drug-likeness (QED) is 0.887. The summed E-state index contributed by atoms with van der Waals surface area (Å²) in [5.41, 5.74) is 0.963. The van der Waals surface area contributed by atoms with E-state index in [1.165, 1.54) is 17.8 Å². The smallest absolute Gasteiger partial charge is 0.409 e. The predicted octanol–water partition coefficient (Wildman–Crippen LogP) is 2.20. The number of anilines is 1. The fourth-order valence-corrected chi connectivity index (χ4v) is 1.82. The van der Waals surface area contributed by atoms with E-state index in [-0.39, 0.29) is 0 Å². The highest BCUT2D eigenvalue weighted by Crippen LogP contribution is 2.29. The zero-order chi connectivity index (χ0) is 11.7. The van der Waals surface area contributed by atoms with Gasteiger partial charge in [0.15, 0.2) is 0 Å². The molecule has 1 amide bonds. The van der Waals surface area contributed by atoms with E-state index >= 15 is 0 Å². The van der Waals surface area contributed by atoms with Gasteiger partial charge in [0.05, 0.1) is 19.0 Å². The number of hydrogen-bond donors (Lipinski definition) is 2. The number of aromatic nitrogens is 2. The number of hydrogen-bond acceptors (Lipinski definition) is 3. The Kier molecular flexibility index (Phi) is 2.69.